The highest BCUT2D eigenvalue weighted by molar-refractivity contribution is 9.10. The maximum Gasteiger partial charge on any atom is 0.237 e. The summed E-state index contributed by atoms with van der Waals surface area (Å²) in [4.78, 5) is 11.9. The Balaban J connectivity index is 0.00000200. The minimum atomic E-state index is -0.268. The Morgan fingerprint density at radius 1 is 1.60 bits per heavy atom. The molecule has 1 heterocycles. The summed E-state index contributed by atoms with van der Waals surface area (Å²) in [6, 6.07) is 4.92. The third-order valence-corrected chi connectivity index (χ3v) is 3.90. The maximum absolute atomic E-state index is 13.1. The number of hydrogen-bond acceptors (Lipinski definition) is 2. The predicted molar refractivity (Wildman–Crippen MR) is 83.7 cm³/mol. The highest BCUT2D eigenvalue weighted by Crippen LogP contribution is 2.17. The van der Waals surface area contributed by atoms with Gasteiger partial charge in [0.25, 0.3) is 0 Å². The van der Waals surface area contributed by atoms with Crippen LogP contribution < -0.4 is 10.6 Å². The van der Waals surface area contributed by atoms with Crippen molar-refractivity contribution < 1.29 is 9.18 Å². The second kappa shape index (κ2) is 7.96. The van der Waals surface area contributed by atoms with Crippen LogP contribution in [0.5, 0.6) is 0 Å². The van der Waals surface area contributed by atoms with E-state index < -0.39 is 0 Å². The molecule has 1 aromatic rings. The fraction of sp³-hybridized carbons (Fsp3) is 0.500. The van der Waals surface area contributed by atoms with Crippen LogP contribution in [0.4, 0.5) is 4.39 Å². The van der Waals surface area contributed by atoms with Crippen molar-refractivity contribution in [1.82, 2.24) is 10.6 Å². The average molecular weight is 366 g/mol. The minimum absolute atomic E-state index is 0. The fourth-order valence-electron chi connectivity index (χ4n) is 2.32. The average Bonchev–Trinajstić information content (AvgIpc) is 2.87. The van der Waals surface area contributed by atoms with E-state index in [1.165, 1.54) is 6.07 Å². The molecule has 2 atom stereocenters. The zero-order valence-corrected chi connectivity index (χ0v) is 13.7. The quantitative estimate of drug-likeness (QED) is 0.861. The van der Waals surface area contributed by atoms with E-state index in [2.05, 4.69) is 26.6 Å². The topological polar surface area (TPSA) is 41.1 Å². The molecule has 0 aliphatic carbocycles. The van der Waals surface area contributed by atoms with Crippen molar-refractivity contribution >= 4 is 34.2 Å². The molecule has 0 bridgehead atoms. The van der Waals surface area contributed by atoms with Gasteiger partial charge in [0.1, 0.15) is 5.82 Å². The second-order valence-electron chi connectivity index (χ2n) is 5.01. The van der Waals surface area contributed by atoms with Crippen molar-refractivity contribution in [3.05, 3.63) is 34.1 Å². The molecule has 112 valence electrons. The number of carbonyl (C=O) groups is 1. The molecule has 0 saturated carbocycles. The van der Waals surface area contributed by atoms with Crippen molar-refractivity contribution in [3.8, 4) is 0 Å². The molecule has 1 aliphatic heterocycles. The highest BCUT2D eigenvalue weighted by atomic mass is 79.9. The molecule has 1 amide bonds. The van der Waals surface area contributed by atoms with Gasteiger partial charge in [-0.1, -0.05) is 6.07 Å². The second-order valence-corrected chi connectivity index (χ2v) is 5.87. The van der Waals surface area contributed by atoms with Crippen LogP contribution in [0.1, 0.15) is 25.3 Å². The van der Waals surface area contributed by atoms with Crippen LogP contribution in [-0.2, 0) is 11.2 Å². The molecular weight excluding hydrogens is 347 g/mol. The van der Waals surface area contributed by atoms with Gasteiger partial charge in [0.15, 0.2) is 0 Å². The number of rotatable bonds is 4. The Bertz CT molecular complexity index is 466. The zero-order chi connectivity index (χ0) is 13.8. The van der Waals surface area contributed by atoms with Gasteiger partial charge in [-0.05, 0) is 66.4 Å². The SMILES string of the molecule is CC(Cc1ccc(F)c(Br)c1)NC(=O)C1CCCN1.Cl. The Labute approximate surface area is 133 Å². The van der Waals surface area contributed by atoms with Gasteiger partial charge < -0.3 is 10.6 Å². The van der Waals surface area contributed by atoms with E-state index >= 15 is 0 Å². The van der Waals surface area contributed by atoms with Gasteiger partial charge in [-0.25, -0.2) is 4.39 Å². The summed E-state index contributed by atoms with van der Waals surface area (Å²) in [6.07, 6.45) is 2.65. The molecule has 3 nitrogen and oxygen atoms in total. The van der Waals surface area contributed by atoms with Crippen LogP contribution in [0.3, 0.4) is 0 Å². The van der Waals surface area contributed by atoms with Crippen molar-refractivity contribution in [1.29, 1.82) is 0 Å². The number of benzene rings is 1. The summed E-state index contributed by atoms with van der Waals surface area (Å²) in [5, 5.41) is 6.17. The number of amides is 1. The molecule has 0 radical (unpaired) electrons. The largest absolute Gasteiger partial charge is 0.352 e. The van der Waals surface area contributed by atoms with E-state index in [-0.39, 0.29) is 36.2 Å². The summed E-state index contributed by atoms with van der Waals surface area (Å²) in [6.45, 7) is 2.88. The number of halogens is 3. The minimum Gasteiger partial charge on any atom is -0.352 e. The molecule has 2 rings (SSSR count). The Hall–Kier alpha value is -0.650. The van der Waals surface area contributed by atoms with E-state index in [1.807, 2.05) is 6.92 Å². The van der Waals surface area contributed by atoms with Gasteiger partial charge in [0, 0.05) is 6.04 Å². The summed E-state index contributed by atoms with van der Waals surface area (Å²) in [7, 11) is 0. The summed E-state index contributed by atoms with van der Waals surface area (Å²) in [5.74, 6) is -0.207. The molecule has 0 aromatic heterocycles. The van der Waals surface area contributed by atoms with Gasteiger partial charge in [-0.15, -0.1) is 12.4 Å². The van der Waals surface area contributed by atoms with Crippen molar-refractivity contribution in [2.75, 3.05) is 6.54 Å². The molecule has 6 heteroatoms. The molecule has 0 spiro atoms. The van der Waals surface area contributed by atoms with Gasteiger partial charge in [-0.3, -0.25) is 4.79 Å². The first kappa shape index (κ1) is 17.4. The Morgan fingerprint density at radius 3 is 2.95 bits per heavy atom. The Kier molecular flexibility index (Phi) is 6.92. The fourth-order valence-corrected chi connectivity index (χ4v) is 2.75. The van der Waals surface area contributed by atoms with Crippen LogP contribution >= 0.6 is 28.3 Å². The van der Waals surface area contributed by atoms with E-state index in [0.29, 0.717) is 10.9 Å². The van der Waals surface area contributed by atoms with Gasteiger partial charge in [0.05, 0.1) is 10.5 Å². The standard InChI is InChI=1S/C14H18BrFN2O.ClH/c1-9(18-14(19)13-3-2-6-17-13)7-10-4-5-12(16)11(15)8-10;/h4-5,8-9,13,17H,2-3,6-7H2,1H3,(H,18,19);1H. The van der Waals surface area contributed by atoms with Crippen LogP contribution in [0.25, 0.3) is 0 Å². The predicted octanol–water partition coefficient (Wildman–Crippen LogP) is 2.81. The molecule has 1 aromatic carbocycles. The zero-order valence-electron chi connectivity index (χ0n) is 11.3. The summed E-state index contributed by atoms with van der Waals surface area (Å²) < 4.78 is 13.6. The van der Waals surface area contributed by atoms with E-state index in [9.17, 15) is 9.18 Å². The van der Waals surface area contributed by atoms with E-state index in [1.54, 1.807) is 12.1 Å². The van der Waals surface area contributed by atoms with Crippen LogP contribution in [0, 0.1) is 5.82 Å². The lowest BCUT2D eigenvalue weighted by atomic mass is 10.1. The first-order valence-electron chi connectivity index (χ1n) is 6.54. The molecule has 1 fully saturated rings. The third kappa shape index (κ3) is 4.72. The van der Waals surface area contributed by atoms with E-state index in [0.717, 1.165) is 24.9 Å². The van der Waals surface area contributed by atoms with Crippen LogP contribution in [0.15, 0.2) is 22.7 Å². The monoisotopic (exact) mass is 364 g/mol. The normalized spacial score (nSPS) is 19.2. The molecule has 1 saturated heterocycles. The van der Waals surface area contributed by atoms with Crippen LogP contribution in [0.2, 0.25) is 0 Å². The smallest absolute Gasteiger partial charge is 0.237 e. The van der Waals surface area contributed by atoms with Crippen molar-refractivity contribution in [2.24, 2.45) is 0 Å². The lowest BCUT2D eigenvalue weighted by molar-refractivity contribution is -0.123. The van der Waals surface area contributed by atoms with Gasteiger partial charge >= 0.3 is 0 Å². The lowest BCUT2D eigenvalue weighted by Crippen LogP contribution is -2.44. The summed E-state index contributed by atoms with van der Waals surface area (Å²) in [5.41, 5.74) is 1.00. The highest BCUT2D eigenvalue weighted by Gasteiger charge is 2.22. The van der Waals surface area contributed by atoms with Crippen molar-refractivity contribution in [3.63, 3.8) is 0 Å². The number of carbonyl (C=O) groups excluding carboxylic acids is 1. The van der Waals surface area contributed by atoms with Gasteiger partial charge in [-0.2, -0.15) is 0 Å². The lowest BCUT2D eigenvalue weighted by Gasteiger charge is -2.17. The van der Waals surface area contributed by atoms with Crippen molar-refractivity contribution in [2.45, 2.75) is 38.3 Å². The molecule has 1 aliphatic rings. The first-order chi connectivity index (χ1) is 9.06. The number of hydrogen-bond donors (Lipinski definition) is 2. The van der Waals surface area contributed by atoms with E-state index in [4.69, 9.17) is 0 Å². The first-order valence-corrected chi connectivity index (χ1v) is 7.33. The number of nitrogens with one attached hydrogen (secondary N) is 2. The summed E-state index contributed by atoms with van der Waals surface area (Å²) >= 11 is 3.17. The molecule has 2 N–H and O–H groups in total. The molecule has 20 heavy (non-hydrogen) atoms. The third-order valence-electron chi connectivity index (χ3n) is 3.29. The van der Waals surface area contributed by atoms with Gasteiger partial charge in [0.2, 0.25) is 5.91 Å². The molecule has 2 unspecified atom stereocenters. The molecular formula is C14H19BrClFN2O. The maximum atomic E-state index is 13.1. The Morgan fingerprint density at radius 2 is 2.35 bits per heavy atom. The van der Waals surface area contributed by atoms with Crippen LogP contribution in [-0.4, -0.2) is 24.5 Å².